The average Bonchev–Trinajstić information content (AvgIpc) is 1.64. The first-order valence-corrected chi connectivity index (χ1v) is 31.0. The number of carboxylic acids is 1. The van der Waals surface area contributed by atoms with Gasteiger partial charge in [0.1, 0.15) is 24.7 Å². The summed E-state index contributed by atoms with van der Waals surface area (Å²) in [6, 6.07) is 37.7. The molecular weight excluding hydrogens is 1280 g/mol. The third-order valence-electron chi connectivity index (χ3n) is 13.8. The zero-order valence-corrected chi connectivity index (χ0v) is 53.5. The second-order valence-electron chi connectivity index (χ2n) is 21.1. The summed E-state index contributed by atoms with van der Waals surface area (Å²) >= 11 is 0. The number of aromatic nitrogens is 16. The van der Waals surface area contributed by atoms with Gasteiger partial charge in [0.25, 0.3) is 11.9 Å². The third kappa shape index (κ3) is 30.5. The number of carbonyl (C=O) groups is 7. The molecule has 4 aromatic carbocycles. The molecule has 528 valence electrons. The van der Waals surface area contributed by atoms with Gasteiger partial charge in [-0.2, -0.15) is 10.4 Å². The average molecular weight is 1370 g/mol. The van der Waals surface area contributed by atoms with Crippen molar-refractivity contribution in [3.05, 3.63) is 201 Å². The van der Waals surface area contributed by atoms with E-state index < -0.39 is 18.1 Å². The second kappa shape index (κ2) is 45.8. The molecule has 2 atom stereocenters. The fourth-order valence-electron chi connectivity index (χ4n) is 8.96. The number of aromatic amines is 2. The lowest BCUT2D eigenvalue weighted by molar-refractivity contribution is -0.137. The van der Waals surface area contributed by atoms with Crippen LogP contribution in [0.5, 0.6) is 0 Å². The fourth-order valence-corrected chi connectivity index (χ4v) is 8.96. The van der Waals surface area contributed by atoms with Gasteiger partial charge >= 0.3 is 12.0 Å². The van der Waals surface area contributed by atoms with Crippen molar-refractivity contribution in [1.29, 1.82) is 0 Å². The van der Waals surface area contributed by atoms with Crippen molar-refractivity contribution in [3.63, 3.8) is 0 Å². The van der Waals surface area contributed by atoms with Crippen LogP contribution in [0, 0.1) is 0 Å². The Morgan fingerprint density at radius 1 is 0.460 bits per heavy atom. The van der Waals surface area contributed by atoms with E-state index in [2.05, 4.69) is 108 Å². The number of hydrogen-bond donors (Lipinski definition) is 11. The van der Waals surface area contributed by atoms with E-state index in [1.54, 1.807) is 61.7 Å². The summed E-state index contributed by atoms with van der Waals surface area (Å²) in [5.41, 5.74) is 11.1. The molecule has 10 rings (SSSR count). The molecule has 0 fully saturated rings. The van der Waals surface area contributed by atoms with Gasteiger partial charge in [0.05, 0.1) is 0 Å². The van der Waals surface area contributed by atoms with Crippen molar-refractivity contribution < 1.29 is 38.7 Å². The Morgan fingerprint density at radius 3 is 1.25 bits per heavy atom. The van der Waals surface area contributed by atoms with Gasteiger partial charge in [-0.05, 0) is 94.5 Å². The highest BCUT2D eigenvalue weighted by Crippen LogP contribution is 2.22. The molecule has 6 aromatic heterocycles. The molecule has 0 radical (unpaired) electrons. The lowest BCUT2D eigenvalue weighted by atomic mass is 10.00. The van der Waals surface area contributed by atoms with E-state index in [0.717, 1.165) is 59.1 Å². The first kappa shape index (κ1) is 79.9. The zero-order valence-electron chi connectivity index (χ0n) is 53.5. The molecular formula is C67H86N25O8-. The molecule has 0 aliphatic heterocycles. The number of rotatable bonds is 31. The monoisotopic (exact) mass is 1370 g/mol. The number of nitrogen functional groups attached to an aromatic ring is 1. The van der Waals surface area contributed by atoms with Gasteiger partial charge in [0.2, 0.25) is 41.4 Å². The topological polar surface area (TPSA) is 480 Å². The van der Waals surface area contributed by atoms with E-state index in [9.17, 15) is 33.6 Å². The SMILES string of the molecule is C.C.Nc1nn[nH]n1.O=C(CCCC(=O)N[C@@H](Cc1ccc(-c2ccccc2)cc1)C(=O)NCCCCNc1ncccn1)Nc1nn[nH]n1.O=C(O)CCCC(=O)N[C@@H](Cc1ccc(-c2ccccc2)cc1)C(=O)NCCCCNc1ncccn1.O=C(n1ccnc1)n1ccnc1.[NH2-]. The Labute approximate surface area is 578 Å². The van der Waals surface area contributed by atoms with E-state index in [4.69, 9.17) is 10.8 Å². The largest absolute Gasteiger partial charge is 0.693 e. The number of benzene rings is 4. The van der Waals surface area contributed by atoms with E-state index in [0.29, 0.717) is 57.3 Å². The predicted molar refractivity (Wildman–Crippen MR) is 377 cm³/mol. The lowest BCUT2D eigenvalue weighted by Gasteiger charge is -2.19. The van der Waals surface area contributed by atoms with Crippen molar-refractivity contribution in [1.82, 2.24) is 102 Å². The zero-order chi connectivity index (χ0) is 68.5. The van der Waals surface area contributed by atoms with Gasteiger partial charge in [0, 0.05) is 114 Å². The molecule has 5 amide bonds. The summed E-state index contributed by atoms with van der Waals surface area (Å²) in [5.74, 6) is -1.07. The maximum Gasteiger partial charge on any atom is 0.338 e. The van der Waals surface area contributed by atoms with Crippen molar-refractivity contribution in [2.75, 3.05) is 47.9 Å². The molecule has 100 heavy (non-hydrogen) atoms. The first-order chi connectivity index (χ1) is 47.3. The Balaban J connectivity index is 0.000000331. The Kier molecular flexibility index (Phi) is 36.6. The summed E-state index contributed by atoms with van der Waals surface area (Å²) in [7, 11) is 0. The van der Waals surface area contributed by atoms with Gasteiger partial charge < -0.3 is 48.9 Å². The number of H-pyrrole nitrogens is 2. The van der Waals surface area contributed by atoms with E-state index in [1.807, 2.05) is 109 Å². The Morgan fingerprint density at radius 2 is 0.870 bits per heavy atom. The highest BCUT2D eigenvalue weighted by molar-refractivity contribution is 5.90. The summed E-state index contributed by atoms with van der Waals surface area (Å²) in [4.78, 5) is 109. The predicted octanol–water partition coefficient (Wildman–Crippen LogP) is 7.30. The van der Waals surface area contributed by atoms with Crippen molar-refractivity contribution in [2.24, 2.45) is 0 Å². The van der Waals surface area contributed by atoms with Crippen LogP contribution in [-0.2, 0) is 41.6 Å². The molecule has 0 unspecified atom stereocenters. The van der Waals surface area contributed by atoms with Crippen LogP contribution >= 0.6 is 0 Å². The number of nitrogens with two attached hydrogens (primary N) is 2. The minimum atomic E-state index is -0.950. The van der Waals surface area contributed by atoms with Gasteiger partial charge in [-0.15, -0.1) is 10.2 Å². The van der Waals surface area contributed by atoms with Crippen LogP contribution in [0.2, 0.25) is 0 Å². The molecule has 0 spiro atoms. The van der Waals surface area contributed by atoms with Crippen molar-refractivity contribution in [2.45, 2.75) is 104 Å². The smallest absolute Gasteiger partial charge is 0.338 e. The molecule has 14 N–H and O–H groups in total. The number of imidazole rings is 2. The fraction of sp³-hybridized carbons (Fsp3) is 0.299. The minimum absolute atomic E-state index is 0. The quantitative estimate of drug-likeness (QED) is 0.0190. The molecule has 0 saturated carbocycles. The van der Waals surface area contributed by atoms with Crippen molar-refractivity contribution in [3.8, 4) is 22.3 Å². The van der Waals surface area contributed by atoms with Crippen LogP contribution in [-0.4, -0.2) is 165 Å². The van der Waals surface area contributed by atoms with Crippen molar-refractivity contribution >= 4 is 65.3 Å². The number of unbranched alkanes of at least 4 members (excludes halogenated alkanes) is 2. The maximum atomic E-state index is 13.1. The van der Waals surface area contributed by atoms with Crippen LogP contribution in [0.4, 0.5) is 28.6 Å². The number of anilines is 4. The van der Waals surface area contributed by atoms with E-state index in [1.165, 1.54) is 21.8 Å². The van der Waals surface area contributed by atoms with E-state index in [-0.39, 0.29) is 101 Å². The first-order valence-electron chi connectivity index (χ1n) is 31.0. The number of aliphatic carboxylic acids is 1. The van der Waals surface area contributed by atoms with Crippen LogP contribution in [0.1, 0.15) is 90.2 Å². The molecule has 0 aliphatic rings. The van der Waals surface area contributed by atoms with Gasteiger partial charge in [-0.25, -0.2) is 34.7 Å². The normalized spacial score (nSPS) is 10.7. The highest BCUT2D eigenvalue weighted by atomic mass is 16.4. The second-order valence-corrected chi connectivity index (χ2v) is 21.1. The molecule has 10 aromatic rings. The van der Waals surface area contributed by atoms with Crippen LogP contribution in [0.3, 0.4) is 0 Å². The number of amides is 5. The van der Waals surface area contributed by atoms with Gasteiger partial charge in [-0.1, -0.05) is 134 Å². The maximum absolute atomic E-state index is 13.1. The Bertz CT molecular complexity index is 3830. The lowest BCUT2D eigenvalue weighted by Crippen LogP contribution is -2.48. The number of nitrogens with one attached hydrogen (secondary N) is 9. The standard InChI is InChI=1S/C29H34N10O3.C28H33N5O4.C7H6N4O.CH3N5.2CH4.H2N/c40-25(10-6-11-26(41)35-29-36-38-39-37-29)34-24(20-21-12-14-23(15-13-21)22-8-2-1-3-9-22)27(42)30-16-4-5-17-31-28-32-18-7-19-33-28;34-25(10-6-11-26(35)36)33-24(20-21-12-14-23(15-13-21)22-8-2-1-3-9-22)27(37)29-16-4-5-17-30-28-31-18-7-19-32-28;12-7(10-3-1-8-5-10)11-4-2-9-6-11;2-1-3-5-6-4-1;;;/h1-3,7-9,12-15,18-19,24H,4-6,10-11,16-17,20H2,(H,30,42)(H,34,40)(H,31,32,33)(H2,35,36,37,38,39,41);1-3,7-9,12-15,18-19,24H,4-6,10-11,16-17,20H2,(H,29,37)(H,33,34)(H,35,36)(H,30,31,32);1-6H;(H3,2,3,4,5,6);2*1H4;1H2/q;;;;;;-1/t2*24-;;;;;/m00...../s1. The van der Waals surface area contributed by atoms with Crippen LogP contribution < -0.4 is 43.0 Å². The highest BCUT2D eigenvalue weighted by Gasteiger charge is 2.23. The Hall–Kier alpha value is -12.6. The van der Waals surface area contributed by atoms with Gasteiger partial charge in [-0.3, -0.25) is 43.2 Å². The summed E-state index contributed by atoms with van der Waals surface area (Å²) in [6.45, 7) is 2.28. The number of nitrogens with zero attached hydrogens (tertiary/aromatic N) is 14. The molecule has 0 bridgehead atoms. The summed E-state index contributed by atoms with van der Waals surface area (Å²) < 4.78 is 2.75. The van der Waals surface area contributed by atoms with E-state index >= 15 is 0 Å². The molecule has 0 aliphatic carbocycles. The summed E-state index contributed by atoms with van der Waals surface area (Å²) in [5, 5.41) is 54.0. The summed E-state index contributed by atoms with van der Waals surface area (Å²) in [6.07, 6.45) is 20.3. The number of carbonyl (C=O) groups excluding carboxylic acids is 6. The number of tetrazole rings is 2. The molecule has 33 nitrogen and oxygen atoms in total. The molecule has 6 heterocycles. The molecule has 0 saturated heterocycles. The minimum Gasteiger partial charge on any atom is -0.693 e. The third-order valence-corrected chi connectivity index (χ3v) is 13.8. The van der Waals surface area contributed by atoms with Crippen LogP contribution in [0.15, 0.2) is 184 Å². The van der Waals surface area contributed by atoms with Gasteiger partial charge in [0.15, 0.2) is 0 Å². The number of carboxylic acid groups (broad SMARTS) is 1. The van der Waals surface area contributed by atoms with Crippen LogP contribution in [0.25, 0.3) is 28.4 Å². The molecule has 33 heteroatoms. The number of hydrogen-bond acceptors (Lipinski definition) is 22.